The number of hydrogen-bond acceptors (Lipinski definition) is 6. The van der Waals surface area contributed by atoms with Gasteiger partial charge in [-0.15, -0.1) is 0 Å². The molecule has 1 aromatic carbocycles. The third-order valence-electron chi connectivity index (χ3n) is 2.38. The van der Waals surface area contributed by atoms with Crippen LogP contribution in [0, 0.1) is 0 Å². The standard InChI is InChI=1S/C12H16N2O6S/c1-20-12(17)10(15)7-13-11(16)8-3-5-9(6-4-8)14-21(2,18)19/h3-6,10,14-15H,7H2,1-2H3,(H,13,16). The second-order valence-electron chi connectivity index (χ2n) is 4.20. The summed E-state index contributed by atoms with van der Waals surface area (Å²) in [5.74, 6) is -1.35. The number of carbonyl (C=O) groups excluding carboxylic acids is 2. The average molecular weight is 316 g/mol. The first kappa shape index (κ1) is 16.9. The van der Waals surface area contributed by atoms with Crippen LogP contribution in [0.25, 0.3) is 0 Å². The van der Waals surface area contributed by atoms with Gasteiger partial charge in [0.25, 0.3) is 5.91 Å². The van der Waals surface area contributed by atoms with Crippen molar-refractivity contribution in [1.29, 1.82) is 0 Å². The summed E-state index contributed by atoms with van der Waals surface area (Å²) < 4.78 is 28.6. The Morgan fingerprint density at radius 2 is 1.86 bits per heavy atom. The molecule has 0 aliphatic carbocycles. The van der Waals surface area contributed by atoms with Gasteiger partial charge >= 0.3 is 5.97 Å². The van der Waals surface area contributed by atoms with Gasteiger partial charge in [0.1, 0.15) is 0 Å². The van der Waals surface area contributed by atoms with Gasteiger partial charge in [-0.2, -0.15) is 0 Å². The number of aliphatic hydroxyl groups excluding tert-OH is 1. The number of amides is 1. The van der Waals surface area contributed by atoms with Crippen LogP contribution in [0.3, 0.4) is 0 Å². The molecule has 1 aromatic rings. The quantitative estimate of drug-likeness (QED) is 0.598. The van der Waals surface area contributed by atoms with Crippen molar-refractivity contribution in [2.45, 2.75) is 6.10 Å². The minimum atomic E-state index is -3.38. The minimum Gasteiger partial charge on any atom is -0.467 e. The number of carbonyl (C=O) groups is 2. The van der Waals surface area contributed by atoms with E-state index in [9.17, 15) is 23.1 Å². The van der Waals surface area contributed by atoms with E-state index in [1.807, 2.05) is 0 Å². The van der Waals surface area contributed by atoms with Crippen LogP contribution in [0.1, 0.15) is 10.4 Å². The molecule has 8 nitrogen and oxygen atoms in total. The summed E-state index contributed by atoms with van der Waals surface area (Å²) in [6, 6.07) is 5.67. The predicted octanol–water partition coefficient (Wildman–Crippen LogP) is -0.678. The number of nitrogens with one attached hydrogen (secondary N) is 2. The zero-order valence-corrected chi connectivity index (χ0v) is 12.3. The molecule has 9 heteroatoms. The normalized spacial score (nSPS) is 12.3. The van der Waals surface area contributed by atoms with Gasteiger partial charge in [0, 0.05) is 11.3 Å². The zero-order valence-electron chi connectivity index (χ0n) is 11.5. The predicted molar refractivity (Wildman–Crippen MR) is 75.3 cm³/mol. The number of aliphatic hydroxyl groups is 1. The lowest BCUT2D eigenvalue weighted by atomic mass is 10.2. The van der Waals surface area contributed by atoms with Gasteiger partial charge in [0.05, 0.1) is 19.9 Å². The average Bonchev–Trinajstić information content (AvgIpc) is 2.42. The highest BCUT2D eigenvalue weighted by molar-refractivity contribution is 7.92. The molecule has 0 radical (unpaired) electrons. The third kappa shape index (κ3) is 5.79. The highest BCUT2D eigenvalue weighted by Crippen LogP contribution is 2.10. The summed E-state index contributed by atoms with van der Waals surface area (Å²) in [5.41, 5.74) is 0.578. The summed E-state index contributed by atoms with van der Waals surface area (Å²) in [7, 11) is -2.25. The van der Waals surface area contributed by atoms with Crippen molar-refractivity contribution in [2.24, 2.45) is 0 Å². The molecule has 0 aliphatic rings. The Hall–Kier alpha value is -2.13. The summed E-state index contributed by atoms with van der Waals surface area (Å²) in [6.45, 7) is -0.283. The monoisotopic (exact) mass is 316 g/mol. The van der Waals surface area contributed by atoms with E-state index in [2.05, 4.69) is 14.8 Å². The van der Waals surface area contributed by atoms with Gasteiger partial charge in [0.15, 0.2) is 6.10 Å². The second kappa shape index (κ2) is 7.04. The number of sulfonamides is 1. The number of anilines is 1. The van der Waals surface area contributed by atoms with Crippen LogP contribution in [0.2, 0.25) is 0 Å². The van der Waals surface area contributed by atoms with Crippen LogP contribution in [0.15, 0.2) is 24.3 Å². The number of methoxy groups -OCH3 is 1. The molecule has 0 spiro atoms. The van der Waals surface area contributed by atoms with Gasteiger partial charge in [-0.1, -0.05) is 0 Å². The van der Waals surface area contributed by atoms with Crippen molar-refractivity contribution in [3.8, 4) is 0 Å². The van der Waals surface area contributed by atoms with Crippen LogP contribution in [0.5, 0.6) is 0 Å². The van der Waals surface area contributed by atoms with E-state index in [0.717, 1.165) is 13.4 Å². The maximum Gasteiger partial charge on any atom is 0.336 e. The molecule has 116 valence electrons. The van der Waals surface area contributed by atoms with Crippen LogP contribution in [-0.4, -0.2) is 51.4 Å². The highest BCUT2D eigenvalue weighted by atomic mass is 32.2. The van der Waals surface area contributed by atoms with Crippen LogP contribution in [0.4, 0.5) is 5.69 Å². The largest absolute Gasteiger partial charge is 0.467 e. The van der Waals surface area contributed by atoms with E-state index in [1.54, 1.807) is 0 Å². The summed E-state index contributed by atoms with van der Waals surface area (Å²) in [6.07, 6.45) is -0.424. The molecule has 1 unspecified atom stereocenters. The van der Waals surface area contributed by atoms with Crippen molar-refractivity contribution < 1.29 is 27.9 Å². The smallest absolute Gasteiger partial charge is 0.336 e. The molecule has 0 fully saturated rings. The van der Waals surface area contributed by atoms with Crippen LogP contribution < -0.4 is 10.0 Å². The van der Waals surface area contributed by atoms with E-state index < -0.39 is 28.0 Å². The lowest BCUT2D eigenvalue weighted by Crippen LogP contribution is -2.37. The fraction of sp³-hybridized carbons (Fsp3) is 0.333. The van der Waals surface area contributed by atoms with E-state index in [4.69, 9.17) is 0 Å². The maximum atomic E-state index is 11.7. The van der Waals surface area contributed by atoms with E-state index >= 15 is 0 Å². The zero-order chi connectivity index (χ0) is 16.0. The number of ether oxygens (including phenoxy) is 1. The minimum absolute atomic E-state index is 0.256. The van der Waals surface area contributed by atoms with Crippen LogP contribution in [-0.2, 0) is 19.6 Å². The Kier molecular flexibility index (Phi) is 5.68. The van der Waals surface area contributed by atoms with Crippen molar-refractivity contribution in [3.63, 3.8) is 0 Å². The van der Waals surface area contributed by atoms with Crippen molar-refractivity contribution >= 4 is 27.6 Å². The molecule has 1 atom stereocenters. The van der Waals surface area contributed by atoms with E-state index in [-0.39, 0.29) is 12.1 Å². The van der Waals surface area contributed by atoms with E-state index in [1.165, 1.54) is 24.3 Å². The van der Waals surface area contributed by atoms with Gasteiger partial charge in [-0.25, -0.2) is 13.2 Å². The Bertz CT molecular complexity index is 611. The van der Waals surface area contributed by atoms with Crippen molar-refractivity contribution in [1.82, 2.24) is 5.32 Å². The Balaban J connectivity index is 2.61. The number of rotatable bonds is 6. The number of benzene rings is 1. The topological polar surface area (TPSA) is 122 Å². The molecular weight excluding hydrogens is 300 g/mol. The lowest BCUT2D eigenvalue weighted by Gasteiger charge is -2.10. The Morgan fingerprint density at radius 3 is 2.33 bits per heavy atom. The molecule has 1 amide bonds. The molecular formula is C12H16N2O6S. The van der Waals surface area contributed by atoms with E-state index in [0.29, 0.717) is 5.69 Å². The van der Waals surface area contributed by atoms with Gasteiger partial charge in [0.2, 0.25) is 10.0 Å². The fourth-order valence-corrected chi connectivity index (χ4v) is 1.98. The first-order valence-corrected chi connectivity index (χ1v) is 7.74. The summed E-state index contributed by atoms with van der Waals surface area (Å²) in [4.78, 5) is 22.7. The number of esters is 1. The molecule has 0 saturated carbocycles. The van der Waals surface area contributed by atoms with Gasteiger partial charge in [-0.05, 0) is 24.3 Å². The lowest BCUT2D eigenvalue weighted by molar-refractivity contribution is -0.149. The Morgan fingerprint density at radius 1 is 1.29 bits per heavy atom. The SMILES string of the molecule is COC(=O)C(O)CNC(=O)c1ccc(NS(C)(=O)=O)cc1. The van der Waals surface area contributed by atoms with Crippen LogP contribution >= 0.6 is 0 Å². The third-order valence-corrected chi connectivity index (χ3v) is 2.99. The first-order chi connectivity index (χ1) is 9.73. The molecule has 0 saturated heterocycles. The molecule has 0 aromatic heterocycles. The molecule has 0 aliphatic heterocycles. The second-order valence-corrected chi connectivity index (χ2v) is 5.95. The maximum absolute atomic E-state index is 11.7. The van der Waals surface area contributed by atoms with Gasteiger partial charge < -0.3 is 15.2 Å². The fourth-order valence-electron chi connectivity index (χ4n) is 1.41. The Labute approximate surface area is 122 Å². The summed E-state index contributed by atoms with van der Waals surface area (Å²) in [5, 5.41) is 11.7. The molecule has 21 heavy (non-hydrogen) atoms. The van der Waals surface area contributed by atoms with Gasteiger partial charge in [-0.3, -0.25) is 9.52 Å². The number of hydrogen-bond donors (Lipinski definition) is 3. The van der Waals surface area contributed by atoms with Crippen molar-refractivity contribution in [3.05, 3.63) is 29.8 Å². The molecule has 0 bridgehead atoms. The summed E-state index contributed by atoms with van der Waals surface area (Å²) >= 11 is 0. The highest BCUT2D eigenvalue weighted by Gasteiger charge is 2.16. The first-order valence-electron chi connectivity index (χ1n) is 5.85. The molecule has 3 N–H and O–H groups in total. The molecule has 0 heterocycles. The molecule has 1 rings (SSSR count). The van der Waals surface area contributed by atoms with Crippen molar-refractivity contribution in [2.75, 3.05) is 24.6 Å².